The van der Waals surface area contributed by atoms with E-state index >= 15 is 0 Å². The fourth-order valence-corrected chi connectivity index (χ4v) is 2.82. The predicted molar refractivity (Wildman–Crippen MR) is 108 cm³/mol. The molecular weight excluding hydrogens is 342 g/mol. The minimum atomic E-state index is -0.498. The minimum Gasteiger partial charge on any atom is -0.495 e. The number of hydrogen-bond donors (Lipinski definition) is 2. The molecule has 2 aromatic carbocycles. The summed E-state index contributed by atoms with van der Waals surface area (Å²) >= 11 is 0. The van der Waals surface area contributed by atoms with Crippen LogP contribution in [0.5, 0.6) is 5.75 Å². The van der Waals surface area contributed by atoms with Gasteiger partial charge in [-0.3, -0.25) is 9.59 Å². The van der Waals surface area contributed by atoms with Gasteiger partial charge in [-0.2, -0.15) is 0 Å². The Morgan fingerprint density at radius 3 is 2.37 bits per heavy atom. The molecule has 0 aliphatic heterocycles. The van der Waals surface area contributed by atoms with Crippen molar-refractivity contribution in [2.45, 2.75) is 26.3 Å². The Kier molecular flexibility index (Phi) is 7.23. The minimum absolute atomic E-state index is 0.0190. The topological polar surface area (TPSA) is 70.7 Å². The second-order valence-corrected chi connectivity index (χ2v) is 6.32. The molecule has 144 valence electrons. The van der Waals surface area contributed by atoms with Gasteiger partial charge in [-0.05, 0) is 37.1 Å². The lowest BCUT2D eigenvalue weighted by Crippen LogP contribution is -2.42. The van der Waals surface area contributed by atoms with Gasteiger partial charge in [-0.1, -0.05) is 37.3 Å². The molecule has 27 heavy (non-hydrogen) atoms. The van der Waals surface area contributed by atoms with Gasteiger partial charge in [0.1, 0.15) is 11.8 Å². The molecule has 0 bridgehead atoms. The summed E-state index contributed by atoms with van der Waals surface area (Å²) in [6, 6.07) is 14.6. The lowest BCUT2D eigenvalue weighted by atomic mass is 10.1. The highest BCUT2D eigenvalue weighted by Gasteiger charge is 2.20. The second kappa shape index (κ2) is 9.62. The Balaban J connectivity index is 1.95. The van der Waals surface area contributed by atoms with Crippen molar-refractivity contribution in [2.24, 2.45) is 0 Å². The lowest BCUT2D eigenvalue weighted by molar-refractivity contribution is -0.133. The molecular formula is C21H27N3O3. The Hall–Kier alpha value is -3.02. The van der Waals surface area contributed by atoms with E-state index < -0.39 is 6.04 Å². The lowest BCUT2D eigenvalue weighted by Gasteiger charge is -2.23. The van der Waals surface area contributed by atoms with Gasteiger partial charge in [0.05, 0.1) is 19.3 Å². The van der Waals surface area contributed by atoms with Crippen LogP contribution < -0.4 is 15.4 Å². The zero-order chi connectivity index (χ0) is 19.8. The molecule has 0 heterocycles. The number of anilines is 2. The number of likely N-dealkylation sites (N-methyl/N-ethyl adjacent to an activating group) is 1. The van der Waals surface area contributed by atoms with Crippen LogP contribution in [0.3, 0.4) is 0 Å². The van der Waals surface area contributed by atoms with Crippen LogP contribution in [0.4, 0.5) is 11.4 Å². The van der Waals surface area contributed by atoms with E-state index in [4.69, 9.17) is 4.74 Å². The molecule has 1 unspecified atom stereocenters. The van der Waals surface area contributed by atoms with E-state index in [1.807, 2.05) is 55.5 Å². The molecule has 0 fully saturated rings. The van der Waals surface area contributed by atoms with E-state index in [-0.39, 0.29) is 18.4 Å². The van der Waals surface area contributed by atoms with E-state index in [2.05, 4.69) is 10.6 Å². The van der Waals surface area contributed by atoms with Crippen molar-refractivity contribution in [3.63, 3.8) is 0 Å². The number of para-hydroxylation sites is 3. The van der Waals surface area contributed by atoms with Gasteiger partial charge >= 0.3 is 0 Å². The zero-order valence-electron chi connectivity index (χ0n) is 16.3. The first-order valence-corrected chi connectivity index (χ1v) is 8.98. The molecule has 6 nitrogen and oxygen atoms in total. The maximum absolute atomic E-state index is 12.6. The highest BCUT2D eigenvalue weighted by Crippen LogP contribution is 2.24. The third-order valence-corrected chi connectivity index (χ3v) is 4.28. The SMILES string of the molecule is CCc1ccccc1NC(=O)CN(C)C(=O)C(C)Nc1ccccc1OC. The van der Waals surface area contributed by atoms with Crippen LogP contribution >= 0.6 is 0 Å². The van der Waals surface area contributed by atoms with Crippen molar-refractivity contribution in [1.29, 1.82) is 0 Å². The summed E-state index contributed by atoms with van der Waals surface area (Å²) in [5.41, 5.74) is 2.58. The predicted octanol–water partition coefficient (Wildman–Crippen LogP) is 3.16. The molecule has 1 atom stereocenters. The summed E-state index contributed by atoms with van der Waals surface area (Å²) in [6.45, 7) is 3.77. The van der Waals surface area contributed by atoms with E-state index in [1.165, 1.54) is 4.90 Å². The third-order valence-electron chi connectivity index (χ3n) is 4.28. The van der Waals surface area contributed by atoms with Crippen molar-refractivity contribution < 1.29 is 14.3 Å². The zero-order valence-corrected chi connectivity index (χ0v) is 16.3. The van der Waals surface area contributed by atoms with Crippen molar-refractivity contribution in [2.75, 3.05) is 31.3 Å². The van der Waals surface area contributed by atoms with Crippen LogP contribution in [0, 0.1) is 0 Å². The van der Waals surface area contributed by atoms with Crippen LogP contribution in [0.15, 0.2) is 48.5 Å². The number of nitrogens with zero attached hydrogens (tertiary/aromatic N) is 1. The Labute approximate surface area is 160 Å². The van der Waals surface area contributed by atoms with E-state index in [0.29, 0.717) is 5.75 Å². The summed E-state index contributed by atoms with van der Waals surface area (Å²) in [5, 5.41) is 6.02. The van der Waals surface area contributed by atoms with Crippen molar-refractivity contribution in [3.05, 3.63) is 54.1 Å². The summed E-state index contributed by atoms with van der Waals surface area (Å²) in [5.74, 6) is 0.254. The first-order chi connectivity index (χ1) is 13.0. The van der Waals surface area contributed by atoms with Crippen LogP contribution in [-0.2, 0) is 16.0 Å². The first-order valence-electron chi connectivity index (χ1n) is 8.98. The maximum Gasteiger partial charge on any atom is 0.244 e. The fourth-order valence-electron chi connectivity index (χ4n) is 2.82. The number of carbonyl (C=O) groups excluding carboxylic acids is 2. The number of ether oxygens (including phenoxy) is 1. The number of carbonyl (C=O) groups is 2. The standard InChI is InChI=1S/C21H27N3O3/c1-5-16-10-6-7-11-17(16)23-20(25)14-24(3)21(26)15(2)22-18-12-8-9-13-19(18)27-4/h6-13,15,22H,5,14H2,1-4H3,(H,23,25). The molecule has 2 rings (SSSR count). The molecule has 0 aromatic heterocycles. The number of nitrogens with one attached hydrogen (secondary N) is 2. The van der Waals surface area contributed by atoms with Gasteiger partial charge in [-0.15, -0.1) is 0 Å². The van der Waals surface area contributed by atoms with Crippen LogP contribution in [0.25, 0.3) is 0 Å². The largest absolute Gasteiger partial charge is 0.495 e. The molecule has 0 aliphatic rings. The van der Waals surface area contributed by atoms with Gasteiger partial charge in [0, 0.05) is 12.7 Å². The number of hydrogen-bond acceptors (Lipinski definition) is 4. The number of amides is 2. The van der Waals surface area contributed by atoms with Gasteiger partial charge in [0.25, 0.3) is 0 Å². The normalized spacial score (nSPS) is 11.4. The number of benzene rings is 2. The van der Waals surface area contributed by atoms with Gasteiger partial charge < -0.3 is 20.3 Å². The maximum atomic E-state index is 12.6. The molecule has 0 aliphatic carbocycles. The van der Waals surface area contributed by atoms with Crippen molar-refractivity contribution >= 4 is 23.2 Å². The fraction of sp³-hybridized carbons (Fsp3) is 0.333. The molecule has 2 N–H and O–H groups in total. The van der Waals surface area contributed by atoms with Crippen molar-refractivity contribution in [3.8, 4) is 5.75 Å². The number of rotatable bonds is 8. The van der Waals surface area contributed by atoms with E-state index in [0.717, 1.165) is 23.4 Å². The van der Waals surface area contributed by atoms with Crippen LogP contribution in [0.2, 0.25) is 0 Å². The summed E-state index contributed by atoms with van der Waals surface area (Å²) < 4.78 is 5.29. The van der Waals surface area contributed by atoms with Gasteiger partial charge in [-0.25, -0.2) is 0 Å². The first kappa shape index (κ1) is 20.3. The third kappa shape index (κ3) is 5.48. The Morgan fingerprint density at radius 1 is 1.07 bits per heavy atom. The Morgan fingerprint density at radius 2 is 1.70 bits per heavy atom. The van der Waals surface area contributed by atoms with Crippen LogP contribution in [0.1, 0.15) is 19.4 Å². The van der Waals surface area contributed by atoms with E-state index in [1.54, 1.807) is 21.1 Å². The second-order valence-electron chi connectivity index (χ2n) is 6.32. The smallest absolute Gasteiger partial charge is 0.244 e. The molecule has 0 saturated carbocycles. The van der Waals surface area contributed by atoms with Crippen molar-refractivity contribution in [1.82, 2.24) is 4.90 Å². The highest BCUT2D eigenvalue weighted by molar-refractivity contribution is 5.96. The summed E-state index contributed by atoms with van der Waals surface area (Å²) in [7, 11) is 3.20. The monoisotopic (exact) mass is 369 g/mol. The summed E-state index contributed by atoms with van der Waals surface area (Å²) in [4.78, 5) is 26.3. The van der Waals surface area contributed by atoms with E-state index in [9.17, 15) is 9.59 Å². The average molecular weight is 369 g/mol. The highest BCUT2D eigenvalue weighted by atomic mass is 16.5. The Bertz CT molecular complexity index is 792. The molecule has 6 heteroatoms. The molecule has 0 radical (unpaired) electrons. The van der Waals surface area contributed by atoms with Gasteiger partial charge in [0.15, 0.2) is 0 Å². The number of methoxy groups -OCH3 is 1. The average Bonchev–Trinajstić information content (AvgIpc) is 2.68. The van der Waals surface area contributed by atoms with Gasteiger partial charge in [0.2, 0.25) is 11.8 Å². The number of aryl methyl sites for hydroxylation is 1. The van der Waals surface area contributed by atoms with Crippen LogP contribution in [-0.4, -0.2) is 43.5 Å². The quantitative estimate of drug-likeness (QED) is 0.750. The molecule has 0 saturated heterocycles. The molecule has 2 amide bonds. The summed E-state index contributed by atoms with van der Waals surface area (Å²) in [6.07, 6.45) is 0.824. The molecule has 0 spiro atoms. The molecule has 2 aromatic rings.